The van der Waals surface area contributed by atoms with Gasteiger partial charge >= 0.3 is 0 Å². The van der Waals surface area contributed by atoms with Crippen molar-refractivity contribution < 1.29 is 14.5 Å². The molecule has 1 atom stereocenters. The minimum Gasteiger partial charge on any atom is -0.354 e. The first kappa shape index (κ1) is 15.9. The molecule has 1 aromatic rings. The fraction of sp³-hybridized carbons (Fsp3) is 0.467. The molecule has 2 amide bonds. The predicted octanol–water partition coefficient (Wildman–Crippen LogP) is 1.31. The highest BCUT2D eigenvalue weighted by Crippen LogP contribution is 2.13. The Labute approximate surface area is 128 Å². The van der Waals surface area contributed by atoms with Crippen LogP contribution in [-0.4, -0.2) is 29.3 Å². The zero-order chi connectivity index (χ0) is 15.9. The average molecular weight is 305 g/mol. The summed E-state index contributed by atoms with van der Waals surface area (Å²) in [6.07, 6.45) is 3.50. The van der Waals surface area contributed by atoms with Gasteiger partial charge in [-0.25, -0.2) is 0 Å². The molecule has 0 unspecified atom stereocenters. The van der Waals surface area contributed by atoms with E-state index in [9.17, 15) is 19.7 Å². The summed E-state index contributed by atoms with van der Waals surface area (Å²) in [5, 5.41) is 16.0. The van der Waals surface area contributed by atoms with E-state index >= 15 is 0 Å². The van der Waals surface area contributed by atoms with Crippen LogP contribution in [0.2, 0.25) is 0 Å². The third-order valence-corrected chi connectivity index (χ3v) is 3.65. The van der Waals surface area contributed by atoms with E-state index in [1.807, 2.05) is 0 Å². The van der Waals surface area contributed by atoms with Gasteiger partial charge in [0.1, 0.15) is 6.04 Å². The fourth-order valence-corrected chi connectivity index (χ4v) is 2.38. The molecule has 0 spiro atoms. The Morgan fingerprint density at radius 3 is 2.64 bits per heavy atom. The molecular weight excluding hydrogens is 286 g/mol. The van der Waals surface area contributed by atoms with E-state index in [2.05, 4.69) is 10.6 Å². The third-order valence-electron chi connectivity index (χ3n) is 3.65. The van der Waals surface area contributed by atoms with Gasteiger partial charge in [0.2, 0.25) is 11.8 Å². The lowest BCUT2D eigenvalue weighted by Gasteiger charge is -2.10. The number of benzene rings is 1. The summed E-state index contributed by atoms with van der Waals surface area (Å²) >= 11 is 0. The molecule has 1 saturated heterocycles. The number of unbranched alkanes of at least 4 members (excludes halogenated alkanes) is 1. The number of non-ortho nitro benzene ring substituents is 1. The first-order chi connectivity index (χ1) is 10.6. The van der Waals surface area contributed by atoms with E-state index in [1.165, 1.54) is 12.1 Å². The van der Waals surface area contributed by atoms with Gasteiger partial charge in [-0.15, -0.1) is 0 Å². The molecule has 118 valence electrons. The second-order valence-corrected chi connectivity index (χ2v) is 5.33. The lowest BCUT2D eigenvalue weighted by Crippen LogP contribution is -2.41. The number of hydrogen-bond donors (Lipinski definition) is 2. The molecule has 1 aromatic carbocycles. The molecule has 2 rings (SSSR count). The Kier molecular flexibility index (Phi) is 5.46. The lowest BCUT2D eigenvalue weighted by atomic mass is 10.1. The van der Waals surface area contributed by atoms with Crippen LogP contribution in [0.15, 0.2) is 24.3 Å². The van der Waals surface area contributed by atoms with E-state index in [-0.39, 0.29) is 23.5 Å². The quantitative estimate of drug-likeness (QED) is 0.450. The number of amides is 2. The molecule has 0 bridgehead atoms. The molecule has 22 heavy (non-hydrogen) atoms. The number of carbonyl (C=O) groups excluding carboxylic acids is 2. The predicted molar refractivity (Wildman–Crippen MR) is 80.2 cm³/mol. The van der Waals surface area contributed by atoms with E-state index < -0.39 is 4.92 Å². The Morgan fingerprint density at radius 1 is 1.32 bits per heavy atom. The van der Waals surface area contributed by atoms with Crippen molar-refractivity contribution in [3.05, 3.63) is 39.9 Å². The van der Waals surface area contributed by atoms with Crippen molar-refractivity contribution in [2.75, 3.05) is 6.54 Å². The van der Waals surface area contributed by atoms with E-state index in [0.717, 1.165) is 24.8 Å². The number of hydrogen-bond acceptors (Lipinski definition) is 4. The van der Waals surface area contributed by atoms with E-state index in [1.54, 1.807) is 12.1 Å². The molecular formula is C15H19N3O4. The first-order valence-electron chi connectivity index (χ1n) is 7.36. The van der Waals surface area contributed by atoms with Gasteiger partial charge in [-0.1, -0.05) is 12.1 Å². The summed E-state index contributed by atoms with van der Waals surface area (Å²) in [5.41, 5.74) is 1.13. The highest BCUT2D eigenvalue weighted by molar-refractivity contribution is 5.90. The standard InChI is InChI=1S/C15H19N3O4/c19-14-9-8-13(17-14)15(20)16-10-2-1-3-11-4-6-12(7-5-11)18(21)22/h4-7,13H,1-3,8-10H2,(H,16,20)(H,17,19)/t13-/m1/s1. The van der Waals surface area contributed by atoms with Crippen LogP contribution in [0.4, 0.5) is 5.69 Å². The van der Waals surface area contributed by atoms with Gasteiger partial charge in [-0.05, 0) is 31.2 Å². The number of carbonyl (C=O) groups is 2. The van der Waals surface area contributed by atoms with Gasteiger partial charge in [0.05, 0.1) is 4.92 Å². The monoisotopic (exact) mass is 305 g/mol. The highest BCUT2D eigenvalue weighted by atomic mass is 16.6. The largest absolute Gasteiger partial charge is 0.354 e. The molecule has 7 heteroatoms. The molecule has 2 N–H and O–H groups in total. The number of nitro benzene ring substituents is 1. The number of nitro groups is 1. The van der Waals surface area contributed by atoms with Crippen LogP contribution >= 0.6 is 0 Å². The first-order valence-corrected chi connectivity index (χ1v) is 7.36. The van der Waals surface area contributed by atoms with Crippen molar-refractivity contribution in [2.24, 2.45) is 0 Å². The van der Waals surface area contributed by atoms with Crippen LogP contribution in [0, 0.1) is 10.1 Å². The van der Waals surface area contributed by atoms with Crippen LogP contribution in [0.3, 0.4) is 0 Å². The lowest BCUT2D eigenvalue weighted by molar-refractivity contribution is -0.384. The van der Waals surface area contributed by atoms with E-state index in [0.29, 0.717) is 19.4 Å². The Morgan fingerprint density at radius 2 is 2.05 bits per heavy atom. The minimum absolute atomic E-state index is 0.0710. The van der Waals surface area contributed by atoms with Crippen molar-refractivity contribution in [1.29, 1.82) is 0 Å². The SMILES string of the molecule is O=C1CC[C@H](C(=O)NCCCCc2ccc([N+](=O)[O-])cc2)N1. The van der Waals surface area contributed by atoms with Crippen molar-refractivity contribution in [1.82, 2.24) is 10.6 Å². The van der Waals surface area contributed by atoms with E-state index in [4.69, 9.17) is 0 Å². The summed E-state index contributed by atoms with van der Waals surface area (Å²) in [4.78, 5) is 32.9. The van der Waals surface area contributed by atoms with Gasteiger partial charge < -0.3 is 10.6 Å². The molecule has 1 aliphatic rings. The van der Waals surface area contributed by atoms with Crippen LogP contribution in [-0.2, 0) is 16.0 Å². The van der Waals surface area contributed by atoms with Crippen LogP contribution in [0.1, 0.15) is 31.2 Å². The van der Waals surface area contributed by atoms with Crippen molar-refractivity contribution in [3.8, 4) is 0 Å². The highest BCUT2D eigenvalue weighted by Gasteiger charge is 2.26. The van der Waals surface area contributed by atoms with Crippen molar-refractivity contribution in [2.45, 2.75) is 38.1 Å². The zero-order valence-electron chi connectivity index (χ0n) is 12.2. The smallest absolute Gasteiger partial charge is 0.269 e. The minimum atomic E-state index is -0.416. The average Bonchev–Trinajstić information content (AvgIpc) is 2.94. The third kappa shape index (κ3) is 4.54. The number of nitrogens with zero attached hydrogens (tertiary/aromatic N) is 1. The molecule has 1 aliphatic heterocycles. The molecule has 0 radical (unpaired) electrons. The maximum Gasteiger partial charge on any atom is 0.269 e. The second-order valence-electron chi connectivity index (χ2n) is 5.33. The molecule has 0 saturated carbocycles. The zero-order valence-corrected chi connectivity index (χ0v) is 12.2. The number of rotatable bonds is 7. The van der Waals surface area contributed by atoms with Gasteiger partial charge in [0, 0.05) is 25.1 Å². The molecule has 7 nitrogen and oxygen atoms in total. The topological polar surface area (TPSA) is 101 Å². The van der Waals surface area contributed by atoms with Crippen LogP contribution in [0.5, 0.6) is 0 Å². The number of aryl methyl sites for hydroxylation is 1. The summed E-state index contributed by atoms with van der Waals surface area (Å²) in [7, 11) is 0. The van der Waals surface area contributed by atoms with Crippen LogP contribution < -0.4 is 10.6 Å². The summed E-state index contributed by atoms with van der Waals surface area (Å²) < 4.78 is 0. The summed E-state index contributed by atoms with van der Waals surface area (Å²) in [6, 6.07) is 6.12. The van der Waals surface area contributed by atoms with Gasteiger partial charge in [0.25, 0.3) is 5.69 Å². The Bertz CT molecular complexity index is 556. The van der Waals surface area contributed by atoms with Crippen molar-refractivity contribution in [3.63, 3.8) is 0 Å². The fourth-order valence-electron chi connectivity index (χ4n) is 2.38. The second kappa shape index (κ2) is 7.53. The summed E-state index contributed by atoms with van der Waals surface area (Å²) in [6.45, 7) is 0.568. The normalized spacial score (nSPS) is 17.1. The maximum absolute atomic E-state index is 11.7. The molecule has 1 heterocycles. The molecule has 0 aromatic heterocycles. The molecule has 1 fully saturated rings. The van der Waals surface area contributed by atoms with Gasteiger partial charge in [-0.3, -0.25) is 19.7 Å². The van der Waals surface area contributed by atoms with Gasteiger partial charge in [0.15, 0.2) is 0 Å². The summed E-state index contributed by atoms with van der Waals surface area (Å²) in [5.74, 6) is -0.195. The maximum atomic E-state index is 11.7. The van der Waals surface area contributed by atoms with Crippen molar-refractivity contribution >= 4 is 17.5 Å². The number of nitrogens with one attached hydrogen (secondary N) is 2. The van der Waals surface area contributed by atoms with Gasteiger partial charge in [-0.2, -0.15) is 0 Å². The Hall–Kier alpha value is -2.44. The molecule has 0 aliphatic carbocycles. The van der Waals surface area contributed by atoms with Crippen LogP contribution in [0.25, 0.3) is 0 Å². The Balaban J connectivity index is 1.62.